The predicted molar refractivity (Wildman–Crippen MR) is 107 cm³/mol. The van der Waals surface area contributed by atoms with Crippen LogP contribution in [0.1, 0.15) is 50.5 Å². The van der Waals surface area contributed by atoms with E-state index in [0.29, 0.717) is 12.2 Å². The van der Waals surface area contributed by atoms with Gasteiger partial charge in [-0.05, 0) is 42.7 Å². The van der Waals surface area contributed by atoms with Gasteiger partial charge in [-0.3, -0.25) is 14.4 Å². The zero-order chi connectivity index (χ0) is 21.1. The maximum Gasteiger partial charge on any atom is 0.338 e. The molecular formula is C22H22N2O5. The quantitative estimate of drug-likeness (QED) is 0.601. The molecule has 0 spiro atoms. The monoisotopic (exact) mass is 394 g/mol. The number of rotatable bonds is 6. The van der Waals surface area contributed by atoms with Crippen molar-refractivity contribution in [2.75, 3.05) is 18.1 Å². The van der Waals surface area contributed by atoms with Crippen LogP contribution in [0.4, 0.5) is 5.69 Å². The van der Waals surface area contributed by atoms with E-state index in [0.717, 1.165) is 10.5 Å². The molecule has 7 heteroatoms. The number of para-hydroxylation sites is 1. The van der Waals surface area contributed by atoms with Crippen LogP contribution >= 0.6 is 0 Å². The molecule has 29 heavy (non-hydrogen) atoms. The molecule has 1 heterocycles. The number of amides is 3. The number of aryl methyl sites for hydroxylation is 1. The summed E-state index contributed by atoms with van der Waals surface area (Å²) in [6, 6.07) is 11.3. The van der Waals surface area contributed by atoms with E-state index in [9.17, 15) is 19.2 Å². The molecule has 0 bridgehead atoms. The highest BCUT2D eigenvalue weighted by Crippen LogP contribution is 2.31. The van der Waals surface area contributed by atoms with Crippen molar-refractivity contribution >= 4 is 29.4 Å². The molecule has 3 rings (SSSR count). The van der Waals surface area contributed by atoms with Gasteiger partial charge in [0, 0.05) is 6.54 Å². The molecule has 0 aliphatic carbocycles. The maximum absolute atomic E-state index is 12.8. The second-order valence-corrected chi connectivity index (χ2v) is 7.27. The van der Waals surface area contributed by atoms with Gasteiger partial charge in [0.15, 0.2) is 6.61 Å². The van der Waals surface area contributed by atoms with Crippen molar-refractivity contribution in [3.05, 3.63) is 64.7 Å². The fourth-order valence-electron chi connectivity index (χ4n) is 2.98. The van der Waals surface area contributed by atoms with Gasteiger partial charge in [0.1, 0.15) is 0 Å². The lowest BCUT2D eigenvalue weighted by molar-refractivity contribution is -0.124. The number of ether oxygens (including phenoxy) is 1. The number of nitrogens with zero attached hydrogens (tertiary/aromatic N) is 1. The van der Waals surface area contributed by atoms with Crippen molar-refractivity contribution in [3.8, 4) is 0 Å². The molecule has 2 aromatic carbocycles. The Balaban J connectivity index is 1.75. The standard InChI is InChI=1S/C22H22N2O5/c1-13(2)11-23-19(25)12-29-22(28)15-8-9-16-17(10-15)21(27)24(20(16)26)18-7-5-4-6-14(18)3/h4-10,13H,11-12H2,1-3H3,(H,23,25). The van der Waals surface area contributed by atoms with Crippen LogP contribution in [-0.2, 0) is 9.53 Å². The Morgan fingerprint density at radius 1 is 1.03 bits per heavy atom. The molecule has 0 radical (unpaired) electrons. The van der Waals surface area contributed by atoms with E-state index < -0.39 is 30.3 Å². The number of fused-ring (bicyclic) bond motifs is 1. The Morgan fingerprint density at radius 3 is 2.41 bits per heavy atom. The molecule has 2 aromatic rings. The highest BCUT2D eigenvalue weighted by molar-refractivity contribution is 6.34. The lowest BCUT2D eigenvalue weighted by Gasteiger charge is -2.16. The average molecular weight is 394 g/mol. The summed E-state index contributed by atoms with van der Waals surface area (Å²) in [5.74, 6) is -1.78. The second-order valence-electron chi connectivity index (χ2n) is 7.27. The van der Waals surface area contributed by atoms with Crippen LogP contribution < -0.4 is 10.2 Å². The number of hydrogen-bond acceptors (Lipinski definition) is 5. The fraction of sp³-hybridized carbons (Fsp3) is 0.273. The van der Waals surface area contributed by atoms with Crippen LogP contribution in [0.15, 0.2) is 42.5 Å². The van der Waals surface area contributed by atoms with Gasteiger partial charge < -0.3 is 10.1 Å². The molecule has 0 atom stereocenters. The Bertz CT molecular complexity index is 996. The topological polar surface area (TPSA) is 92.8 Å². The largest absolute Gasteiger partial charge is 0.452 e. The van der Waals surface area contributed by atoms with Gasteiger partial charge in [-0.25, -0.2) is 9.69 Å². The van der Waals surface area contributed by atoms with E-state index in [2.05, 4.69) is 5.32 Å². The second kappa shape index (κ2) is 8.26. The number of nitrogens with one attached hydrogen (secondary N) is 1. The number of imide groups is 1. The van der Waals surface area contributed by atoms with Gasteiger partial charge in [-0.15, -0.1) is 0 Å². The van der Waals surface area contributed by atoms with E-state index in [4.69, 9.17) is 4.74 Å². The molecule has 3 amide bonds. The van der Waals surface area contributed by atoms with Crippen LogP contribution in [0, 0.1) is 12.8 Å². The third-order valence-corrected chi connectivity index (χ3v) is 4.52. The van der Waals surface area contributed by atoms with Gasteiger partial charge in [-0.1, -0.05) is 32.0 Å². The van der Waals surface area contributed by atoms with Crippen molar-refractivity contribution < 1.29 is 23.9 Å². The summed E-state index contributed by atoms with van der Waals surface area (Å²) in [6.45, 7) is 5.79. The first-order valence-electron chi connectivity index (χ1n) is 9.32. The summed E-state index contributed by atoms with van der Waals surface area (Å²) < 4.78 is 5.01. The minimum absolute atomic E-state index is 0.105. The van der Waals surface area contributed by atoms with E-state index in [-0.39, 0.29) is 22.6 Å². The van der Waals surface area contributed by atoms with Crippen molar-refractivity contribution in [3.63, 3.8) is 0 Å². The van der Waals surface area contributed by atoms with Crippen LogP contribution in [0.25, 0.3) is 0 Å². The maximum atomic E-state index is 12.8. The number of carbonyl (C=O) groups excluding carboxylic acids is 4. The summed E-state index contributed by atoms with van der Waals surface area (Å²) in [6.07, 6.45) is 0. The van der Waals surface area contributed by atoms with Crippen LogP contribution in [0.2, 0.25) is 0 Å². The SMILES string of the molecule is Cc1ccccc1N1C(=O)c2ccc(C(=O)OCC(=O)NCC(C)C)cc2C1=O. The third-order valence-electron chi connectivity index (χ3n) is 4.52. The van der Waals surface area contributed by atoms with Crippen LogP contribution in [0.3, 0.4) is 0 Å². The number of benzene rings is 2. The Morgan fingerprint density at radius 2 is 1.72 bits per heavy atom. The Hall–Kier alpha value is -3.48. The molecular weight excluding hydrogens is 372 g/mol. The first-order chi connectivity index (χ1) is 13.8. The van der Waals surface area contributed by atoms with E-state index >= 15 is 0 Å². The summed E-state index contributed by atoms with van der Waals surface area (Å²) in [5, 5.41) is 2.65. The van der Waals surface area contributed by atoms with Crippen molar-refractivity contribution in [2.24, 2.45) is 5.92 Å². The average Bonchev–Trinajstić information content (AvgIpc) is 2.95. The lowest BCUT2D eigenvalue weighted by Crippen LogP contribution is -2.31. The van der Waals surface area contributed by atoms with Crippen molar-refractivity contribution in [1.29, 1.82) is 0 Å². The minimum atomic E-state index is -0.734. The zero-order valence-electron chi connectivity index (χ0n) is 16.5. The van der Waals surface area contributed by atoms with Crippen LogP contribution in [0.5, 0.6) is 0 Å². The van der Waals surface area contributed by atoms with Crippen molar-refractivity contribution in [2.45, 2.75) is 20.8 Å². The molecule has 150 valence electrons. The molecule has 0 unspecified atom stereocenters. The van der Waals surface area contributed by atoms with E-state index in [1.807, 2.05) is 32.9 Å². The summed E-state index contributed by atoms with van der Waals surface area (Å²) in [4.78, 5) is 50.6. The summed E-state index contributed by atoms with van der Waals surface area (Å²) >= 11 is 0. The highest BCUT2D eigenvalue weighted by Gasteiger charge is 2.37. The highest BCUT2D eigenvalue weighted by atomic mass is 16.5. The molecule has 0 aromatic heterocycles. The van der Waals surface area contributed by atoms with E-state index in [1.54, 1.807) is 12.1 Å². The summed E-state index contributed by atoms with van der Waals surface area (Å²) in [7, 11) is 0. The molecule has 1 aliphatic heterocycles. The predicted octanol–water partition coefficient (Wildman–Crippen LogP) is 2.72. The number of hydrogen-bond donors (Lipinski definition) is 1. The number of anilines is 1. The van der Waals surface area contributed by atoms with Gasteiger partial charge >= 0.3 is 5.97 Å². The Kier molecular flexibility index (Phi) is 5.77. The Labute approximate surface area is 168 Å². The first-order valence-corrected chi connectivity index (χ1v) is 9.32. The first kappa shape index (κ1) is 20.3. The minimum Gasteiger partial charge on any atom is -0.452 e. The van der Waals surface area contributed by atoms with E-state index in [1.165, 1.54) is 18.2 Å². The molecule has 7 nitrogen and oxygen atoms in total. The molecule has 0 saturated carbocycles. The molecule has 0 saturated heterocycles. The normalized spacial score (nSPS) is 12.9. The number of esters is 1. The molecule has 1 aliphatic rings. The smallest absolute Gasteiger partial charge is 0.338 e. The van der Waals surface area contributed by atoms with Gasteiger partial charge in [0.25, 0.3) is 17.7 Å². The van der Waals surface area contributed by atoms with Gasteiger partial charge in [0.05, 0.1) is 22.4 Å². The fourth-order valence-corrected chi connectivity index (χ4v) is 2.98. The van der Waals surface area contributed by atoms with Crippen molar-refractivity contribution in [1.82, 2.24) is 5.32 Å². The third kappa shape index (κ3) is 4.18. The lowest BCUT2D eigenvalue weighted by atomic mass is 10.1. The zero-order valence-corrected chi connectivity index (χ0v) is 16.5. The van der Waals surface area contributed by atoms with Gasteiger partial charge in [0.2, 0.25) is 0 Å². The molecule has 0 fully saturated rings. The number of carbonyl (C=O) groups is 4. The van der Waals surface area contributed by atoms with Gasteiger partial charge in [-0.2, -0.15) is 0 Å². The molecule has 1 N–H and O–H groups in total. The van der Waals surface area contributed by atoms with Crippen LogP contribution in [-0.4, -0.2) is 36.8 Å². The summed E-state index contributed by atoms with van der Waals surface area (Å²) in [5.41, 5.74) is 1.76.